The molecule has 0 aromatic heterocycles. The lowest BCUT2D eigenvalue weighted by atomic mass is 9.99. The zero-order valence-corrected chi connectivity index (χ0v) is 13.1. The van der Waals surface area contributed by atoms with E-state index in [1.807, 2.05) is 18.2 Å². The van der Waals surface area contributed by atoms with Crippen LogP contribution < -0.4 is 0 Å². The van der Waals surface area contributed by atoms with Crippen molar-refractivity contribution in [2.45, 2.75) is 12.8 Å². The maximum Gasteiger partial charge on any atom is 0.339 e. The molecule has 3 rings (SSSR count). The summed E-state index contributed by atoms with van der Waals surface area (Å²) in [4.78, 5) is 11.1. The molecule has 0 saturated heterocycles. The first-order valence-corrected chi connectivity index (χ1v) is 7.79. The second-order valence-electron chi connectivity index (χ2n) is 5.81. The van der Waals surface area contributed by atoms with E-state index in [-0.39, 0.29) is 11.3 Å². The maximum absolute atomic E-state index is 11.1. The molecule has 120 valence electrons. The molecular formula is C21H18O3. The molecule has 0 unspecified atom stereocenters. The van der Waals surface area contributed by atoms with Crippen molar-refractivity contribution in [3.63, 3.8) is 0 Å². The highest BCUT2D eigenvalue weighted by atomic mass is 16.4. The number of benzene rings is 3. The van der Waals surface area contributed by atoms with Gasteiger partial charge >= 0.3 is 5.97 Å². The molecule has 0 spiro atoms. The molecule has 0 radical (unpaired) electrons. The van der Waals surface area contributed by atoms with Gasteiger partial charge in [0.2, 0.25) is 0 Å². The molecule has 2 N–H and O–H groups in total. The first-order valence-electron chi connectivity index (χ1n) is 7.79. The van der Waals surface area contributed by atoms with Gasteiger partial charge in [-0.15, -0.1) is 0 Å². The Morgan fingerprint density at radius 1 is 0.708 bits per heavy atom. The predicted molar refractivity (Wildman–Crippen MR) is 93.6 cm³/mol. The molecule has 24 heavy (non-hydrogen) atoms. The van der Waals surface area contributed by atoms with Gasteiger partial charge in [0.1, 0.15) is 11.3 Å². The number of carbonyl (C=O) groups is 1. The number of aromatic hydroxyl groups is 1. The number of carboxylic acids is 1. The van der Waals surface area contributed by atoms with E-state index in [1.54, 1.807) is 6.07 Å². The molecule has 0 aliphatic heterocycles. The molecule has 0 bridgehead atoms. The van der Waals surface area contributed by atoms with Gasteiger partial charge in [0.25, 0.3) is 0 Å². The van der Waals surface area contributed by atoms with Crippen molar-refractivity contribution >= 4 is 5.97 Å². The number of rotatable bonds is 5. The third-order valence-electron chi connectivity index (χ3n) is 3.97. The zero-order valence-electron chi connectivity index (χ0n) is 13.1. The van der Waals surface area contributed by atoms with E-state index in [4.69, 9.17) is 5.11 Å². The van der Waals surface area contributed by atoms with Gasteiger partial charge in [0, 0.05) is 0 Å². The first kappa shape index (κ1) is 15.8. The van der Waals surface area contributed by atoms with E-state index in [0.29, 0.717) is 6.42 Å². The van der Waals surface area contributed by atoms with Crippen molar-refractivity contribution in [3.05, 3.63) is 101 Å². The van der Waals surface area contributed by atoms with Crippen LogP contribution in [0.25, 0.3) is 0 Å². The molecule has 0 atom stereocenters. The van der Waals surface area contributed by atoms with Gasteiger partial charge < -0.3 is 10.2 Å². The molecule has 0 aliphatic rings. The fourth-order valence-electron chi connectivity index (χ4n) is 2.71. The Hall–Kier alpha value is -3.07. The van der Waals surface area contributed by atoms with Gasteiger partial charge in [0.05, 0.1) is 0 Å². The summed E-state index contributed by atoms with van der Waals surface area (Å²) in [5.41, 5.74) is 4.42. The van der Waals surface area contributed by atoms with Crippen molar-refractivity contribution < 1.29 is 15.0 Å². The number of carboxylic acid groups (broad SMARTS) is 1. The highest BCUT2D eigenvalue weighted by Gasteiger charge is 2.10. The van der Waals surface area contributed by atoms with Gasteiger partial charge in [-0.3, -0.25) is 0 Å². The van der Waals surface area contributed by atoms with Gasteiger partial charge in [-0.05, 0) is 47.2 Å². The summed E-state index contributed by atoms with van der Waals surface area (Å²) in [7, 11) is 0. The smallest absolute Gasteiger partial charge is 0.339 e. The van der Waals surface area contributed by atoms with Crippen LogP contribution in [0, 0.1) is 0 Å². The molecule has 0 saturated carbocycles. The number of aromatic carboxylic acids is 1. The Morgan fingerprint density at radius 3 is 1.79 bits per heavy atom. The average molecular weight is 318 g/mol. The molecule has 0 fully saturated rings. The monoisotopic (exact) mass is 318 g/mol. The fourth-order valence-corrected chi connectivity index (χ4v) is 2.71. The molecule has 0 amide bonds. The Bertz CT molecular complexity index is 837. The SMILES string of the molecule is O=C(O)c1cc(Cc2ccc(Cc3ccccc3)cc2)ccc1O. The molecule has 3 aromatic carbocycles. The molecule has 3 heteroatoms. The number of hydrogen-bond acceptors (Lipinski definition) is 2. The van der Waals surface area contributed by atoms with Crippen LogP contribution >= 0.6 is 0 Å². The van der Waals surface area contributed by atoms with Crippen molar-refractivity contribution in [2.24, 2.45) is 0 Å². The summed E-state index contributed by atoms with van der Waals surface area (Å²) >= 11 is 0. The van der Waals surface area contributed by atoms with E-state index < -0.39 is 5.97 Å². The van der Waals surface area contributed by atoms with Crippen molar-refractivity contribution in [1.29, 1.82) is 0 Å². The van der Waals surface area contributed by atoms with Crippen LogP contribution in [0.2, 0.25) is 0 Å². The van der Waals surface area contributed by atoms with Gasteiger partial charge in [-0.1, -0.05) is 60.7 Å². The molecule has 0 aliphatic carbocycles. The lowest BCUT2D eigenvalue weighted by Crippen LogP contribution is -1.99. The quantitative estimate of drug-likeness (QED) is 0.738. The van der Waals surface area contributed by atoms with E-state index in [9.17, 15) is 9.90 Å². The Labute approximate surface area is 140 Å². The minimum atomic E-state index is -1.12. The highest BCUT2D eigenvalue weighted by molar-refractivity contribution is 5.90. The predicted octanol–water partition coefficient (Wildman–Crippen LogP) is 4.27. The summed E-state index contributed by atoms with van der Waals surface area (Å²) < 4.78 is 0. The minimum absolute atomic E-state index is 0.0619. The molecule has 0 heterocycles. The Kier molecular flexibility index (Phi) is 4.62. The third-order valence-corrected chi connectivity index (χ3v) is 3.97. The second kappa shape index (κ2) is 7.01. The number of phenols is 1. The van der Waals surface area contributed by atoms with Crippen LogP contribution in [0.15, 0.2) is 72.8 Å². The van der Waals surface area contributed by atoms with Crippen LogP contribution in [0.4, 0.5) is 0 Å². The standard InChI is InChI=1S/C21H18O3/c22-20-11-10-18(14-19(20)21(23)24)13-17-8-6-16(7-9-17)12-15-4-2-1-3-5-15/h1-11,14,22H,12-13H2,(H,23,24). The van der Waals surface area contributed by atoms with Crippen LogP contribution in [-0.4, -0.2) is 16.2 Å². The van der Waals surface area contributed by atoms with E-state index in [0.717, 1.165) is 17.5 Å². The zero-order chi connectivity index (χ0) is 16.9. The van der Waals surface area contributed by atoms with Crippen LogP contribution in [0.1, 0.15) is 32.6 Å². The average Bonchev–Trinajstić information content (AvgIpc) is 2.59. The summed E-state index contributed by atoms with van der Waals surface area (Å²) in [6.45, 7) is 0. The largest absolute Gasteiger partial charge is 0.507 e. The Balaban J connectivity index is 1.72. The second-order valence-corrected chi connectivity index (χ2v) is 5.81. The van der Waals surface area contributed by atoms with Crippen LogP contribution in [0.5, 0.6) is 5.75 Å². The fraction of sp³-hybridized carbons (Fsp3) is 0.0952. The third kappa shape index (κ3) is 3.82. The van der Waals surface area contributed by atoms with Crippen LogP contribution in [0.3, 0.4) is 0 Å². The highest BCUT2D eigenvalue weighted by Crippen LogP contribution is 2.21. The summed E-state index contributed by atoms with van der Waals surface area (Å²) in [5, 5.41) is 18.6. The van der Waals surface area contributed by atoms with Crippen molar-refractivity contribution in [2.75, 3.05) is 0 Å². The van der Waals surface area contributed by atoms with Gasteiger partial charge in [0.15, 0.2) is 0 Å². The Morgan fingerprint density at radius 2 is 1.21 bits per heavy atom. The molecule has 3 aromatic rings. The van der Waals surface area contributed by atoms with Crippen molar-refractivity contribution in [1.82, 2.24) is 0 Å². The minimum Gasteiger partial charge on any atom is -0.507 e. The van der Waals surface area contributed by atoms with E-state index in [2.05, 4.69) is 36.4 Å². The van der Waals surface area contributed by atoms with Gasteiger partial charge in [-0.2, -0.15) is 0 Å². The topological polar surface area (TPSA) is 57.5 Å². The number of hydrogen-bond donors (Lipinski definition) is 2. The normalized spacial score (nSPS) is 10.5. The molecular weight excluding hydrogens is 300 g/mol. The lowest BCUT2D eigenvalue weighted by molar-refractivity contribution is 0.0693. The van der Waals surface area contributed by atoms with Crippen LogP contribution in [-0.2, 0) is 12.8 Å². The van der Waals surface area contributed by atoms with Crippen molar-refractivity contribution in [3.8, 4) is 5.75 Å². The van der Waals surface area contributed by atoms with Gasteiger partial charge in [-0.25, -0.2) is 4.79 Å². The lowest BCUT2D eigenvalue weighted by Gasteiger charge is -2.07. The maximum atomic E-state index is 11.1. The molecule has 3 nitrogen and oxygen atoms in total. The summed E-state index contributed by atoms with van der Waals surface area (Å²) in [6.07, 6.45) is 1.52. The van der Waals surface area contributed by atoms with E-state index >= 15 is 0 Å². The summed E-state index contributed by atoms with van der Waals surface area (Å²) in [5.74, 6) is -1.32. The first-order chi connectivity index (χ1) is 11.6. The van der Waals surface area contributed by atoms with E-state index in [1.165, 1.54) is 23.3 Å². The summed E-state index contributed by atoms with van der Waals surface area (Å²) in [6, 6.07) is 23.3.